The molecule has 0 saturated heterocycles. The molecule has 0 bridgehead atoms. The zero-order valence-corrected chi connectivity index (χ0v) is 14.8. The van der Waals surface area contributed by atoms with E-state index in [1.54, 1.807) is 12.0 Å². The van der Waals surface area contributed by atoms with Crippen LogP contribution in [0.1, 0.15) is 23.5 Å². The molecule has 2 aromatic rings. The van der Waals surface area contributed by atoms with E-state index in [-0.39, 0.29) is 11.9 Å². The van der Waals surface area contributed by atoms with Gasteiger partial charge in [0.25, 0.3) is 5.91 Å². The number of ether oxygens (including phenoxy) is 1. The summed E-state index contributed by atoms with van der Waals surface area (Å²) in [5, 5.41) is 0.924. The van der Waals surface area contributed by atoms with Crippen molar-refractivity contribution < 1.29 is 9.53 Å². The van der Waals surface area contributed by atoms with Gasteiger partial charge < -0.3 is 15.4 Å². The fraction of sp³-hybridized carbons (Fsp3) is 0.400. The summed E-state index contributed by atoms with van der Waals surface area (Å²) in [5.74, 6) is -0.0307. The fourth-order valence-electron chi connectivity index (χ4n) is 2.16. The molecule has 0 radical (unpaired) electrons. The fourth-order valence-corrected chi connectivity index (χ4v) is 3.58. The molecule has 1 aromatic heterocycles. The molecule has 21 heavy (non-hydrogen) atoms. The van der Waals surface area contributed by atoms with Gasteiger partial charge in [0.2, 0.25) is 0 Å². The van der Waals surface area contributed by atoms with E-state index in [1.807, 2.05) is 32.0 Å². The second-order valence-corrected chi connectivity index (χ2v) is 7.04. The molecule has 0 aliphatic carbocycles. The van der Waals surface area contributed by atoms with E-state index in [4.69, 9.17) is 10.5 Å². The molecule has 114 valence electrons. The maximum Gasteiger partial charge on any atom is 0.266 e. The van der Waals surface area contributed by atoms with Crippen LogP contribution in [0.4, 0.5) is 5.69 Å². The molecule has 0 saturated carbocycles. The first-order valence-corrected chi connectivity index (χ1v) is 8.34. The molecule has 6 heteroatoms. The number of fused-ring (bicyclic) bond motifs is 1. The van der Waals surface area contributed by atoms with E-state index in [0.717, 1.165) is 14.6 Å². The summed E-state index contributed by atoms with van der Waals surface area (Å²) in [6.45, 7) is 5.06. The van der Waals surface area contributed by atoms with Crippen LogP contribution in [-0.2, 0) is 4.74 Å². The van der Waals surface area contributed by atoms with Crippen LogP contribution >= 0.6 is 27.3 Å². The molecule has 0 aliphatic rings. The van der Waals surface area contributed by atoms with E-state index in [0.29, 0.717) is 23.7 Å². The minimum absolute atomic E-state index is 0.0307. The van der Waals surface area contributed by atoms with Crippen molar-refractivity contribution in [3.05, 3.63) is 27.5 Å². The predicted molar refractivity (Wildman–Crippen MR) is 92.0 cm³/mol. The van der Waals surface area contributed by atoms with Crippen molar-refractivity contribution in [3.63, 3.8) is 0 Å². The maximum absolute atomic E-state index is 12.8. The second kappa shape index (κ2) is 6.77. The number of thiophene rings is 1. The number of carbonyl (C=O) groups excluding carboxylic acids is 1. The molecule has 1 amide bonds. The summed E-state index contributed by atoms with van der Waals surface area (Å²) in [6.07, 6.45) is 0. The van der Waals surface area contributed by atoms with E-state index in [9.17, 15) is 4.79 Å². The Morgan fingerprint density at radius 1 is 1.48 bits per heavy atom. The van der Waals surface area contributed by atoms with Crippen molar-refractivity contribution in [2.75, 3.05) is 26.0 Å². The molecule has 0 spiro atoms. The molecule has 2 rings (SSSR count). The maximum atomic E-state index is 12.8. The summed E-state index contributed by atoms with van der Waals surface area (Å²) in [5.41, 5.74) is 6.75. The highest BCUT2D eigenvalue weighted by Gasteiger charge is 2.23. The first-order chi connectivity index (χ1) is 9.95. The van der Waals surface area contributed by atoms with Crippen LogP contribution in [0, 0.1) is 0 Å². The highest BCUT2D eigenvalue weighted by Crippen LogP contribution is 2.36. The van der Waals surface area contributed by atoms with Crippen molar-refractivity contribution in [3.8, 4) is 0 Å². The monoisotopic (exact) mass is 370 g/mol. The van der Waals surface area contributed by atoms with Gasteiger partial charge in [-0.15, -0.1) is 11.3 Å². The highest BCUT2D eigenvalue weighted by molar-refractivity contribution is 9.10. The molecule has 0 unspecified atom stereocenters. The number of halogens is 1. The van der Waals surface area contributed by atoms with E-state index in [2.05, 4.69) is 15.9 Å². The number of hydrogen-bond donors (Lipinski definition) is 1. The Hall–Kier alpha value is -1.11. The summed E-state index contributed by atoms with van der Waals surface area (Å²) < 4.78 is 7.07. The third-order valence-electron chi connectivity index (χ3n) is 3.30. The number of hydrogen-bond acceptors (Lipinski definition) is 4. The topological polar surface area (TPSA) is 55.6 Å². The standard InChI is InChI=1S/C15H19BrN2O2S/c1-9(2)18(6-7-20-3)15(19)14-13(17)11-8-10(16)4-5-12(11)21-14/h4-5,8-9H,6-7,17H2,1-3H3. The van der Waals surface area contributed by atoms with Gasteiger partial charge in [-0.25, -0.2) is 0 Å². The Labute approximate surface area is 137 Å². The Kier molecular flexibility index (Phi) is 5.24. The molecule has 2 N–H and O–H groups in total. The second-order valence-electron chi connectivity index (χ2n) is 5.07. The molecular weight excluding hydrogens is 352 g/mol. The number of carbonyl (C=O) groups is 1. The van der Waals surface area contributed by atoms with Gasteiger partial charge in [-0.1, -0.05) is 15.9 Å². The average Bonchev–Trinajstić information content (AvgIpc) is 2.76. The number of rotatable bonds is 5. The first-order valence-electron chi connectivity index (χ1n) is 6.73. The van der Waals surface area contributed by atoms with Crippen molar-refractivity contribution in [1.82, 2.24) is 4.90 Å². The minimum Gasteiger partial charge on any atom is -0.397 e. The third kappa shape index (κ3) is 3.39. The average molecular weight is 371 g/mol. The van der Waals surface area contributed by atoms with Gasteiger partial charge in [0.1, 0.15) is 4.88 Å². The minimum atomic E-state index is -0.0307. The molecular formula is C15H19BrN2O2S. The lowest BCUT2D eigenvalue weighted by Crippen LogP contribution is -2.39. The van der Waals surface area contributed by atoms with Crippen LogP contribution in [0.5, 0.6) is 0 Å². The number of anilines is 1. The number of nitrogen functional groups attached to an aromatic ring is 1. The lowest BCUT2D eigenvalue weighted by molar-refractivity contribution is 0.0641. The van der Waals surface area contributed by atoms with Gasteiger partial charge in [0.05, 0.1) is 12.3 Å². The van der Waals surface area contributed by atoms with Crippen molar-refractivity contribution >= 4 is 48.9 Å². The first kappa shape index (κ1) is 16.3. The van der Waals surface area contributed by atoms with Gasteiger partial charge in [-0.05, 0) is 32.0 Å². The number of amides is 1. The molecule has 4 nitrogen and oxygen atoms in total. The summed E-state index contributed by atoms with van der Waals surface area (Å²) >= 11 is 4.88. The van der Waals surface area contributed by atoms with E-state index >= 15 is 0 Å². The van der Waals surface area contributed by atoms with Crippen molar-refractivity contribution in [2.24, 2.45) is 0 Å². The van der Waals surface area contributed by atoms with Crippen LogP contribution in [0.15, 0.2) is 22.7 Å². The number of nitrogens with two attached hydrogens (primary N) is 1. The molecule has 0 aliphatic heterocycles. The summed E-state index contributed by atoms with van der Waals surface area (Å²) in [7, 11) is 1.63. The van der Waals surface area contributed by atoms with Crippen LogP contribution in [0.25, 0.3) is 10.1 Å². The summed E-state index contributed by atoms with van der Waals surface area (Å²) in [4.78, 5) is 15.2. The molecule has 1 heterocycles. The SMILES string of the molecule is COCCN(C(=O)c1sc2ccc(Br)cc2c1N)C(C)C. The number of nitrogens with zero attached hydrogens (tertiary/aromatic N) is 1. The van der Waals surface area contributed by atoms with Gasteiger partial charge >= 0.3 is 0 Å². The van der Waals surface area contributed by atoms with Crippen molar-refractivity contribution in [1.29, 1.82) is 0 Å². The predicted octanol–water partition coefficient (Wildman–Crippen LogP) is 3.74. The van der Waals surface area contributed by atoms with Crippen LogP contribution < -0.4 is 5.73 Å². The zero-order valence-electron chi connectivity index (χ0n) is 12.4. The Morgan fingerprint density at radius 2 is 2.19 bits per heavy atom. The lowest BCUT2D eigenvalue weighted by Gasteiger charge is -2.26. The van der Waals surface area contributed by atoms with E-state index in [1.165, 1.54) is 11.3 Å². The smallest absolute Gasteiger partial charge is 0.266 e. The van der Waals surface area contributed by atoms with Crippen LogP contribution in [0.2, 0.25) is 0 Å². The lowest BCUT2D eigenvalue weighted by atomic mass is 10.2. The Balaban J connectivity index is 2.39. The van der Waals surface area contributed by atoms with Crippen LogP contribution in [0.3, 0.4) is 0 Å². The Morgan fingerprint density at radius 3 is 2.81 bits per heavy atom. The number of benzene rings is 1. The van der Waals surface area contributed by atoms with Gasteiger partial charge in [-0.2, -0.15) is 0 Å². The zero-order chi connectivity index (χ0) is 15.6. The molecule has 0 fully saturated rings. The van der Waals surface area contributed by atoms with Gasteiger partial charge in [0, 0.05) is 34.3 Å². The van der Waals surface area contributed by atoms with Crippen LogP contribution in [-0.4, -0.2) is 37.1 Å². The normalized spacial score (nSPS) is 11.3. The van der Waals surface area contributed by atoms with Gasteiger partial charge in [-0.3, -0.25) is 4.79 Å². The quantitative estimate of drug-likeness (QED) is 0.871. The molecule has 0 atom stereocenters. The van der Waals surface area contributed by atoms with Gasteiger partial charge in [0.15, 0.2) is 0 Å². The largest absolute Gasteiger partial charge is 0.397 e. The van der Waals surface area contributed by atoms with Crippen molar-refractivity contribution in [2.45, 2.75) is 19.9 Å². The Bertz CT molecular complexity index is 654. The molecule has 1 aromatic carbocycles. The highest BCUT2D eigenvalue weighted by atomic mass is 79.9. The summed E-state index contributed by atoms with van der Waals surface area (Å²) in [6, 6.07) is 5.99. The van der Waals surface area contributed by atoms with E-state index < -0.39 is 0 Å². The third-order valence-corrected chi connectivity index (χ3v) is 4.97. The number of methoxy groups -OCH3 is 1.